The van der Waals surface area contributed by atoms with Crippen molar-refractivity contribution in [2.24, 2.45) is 13.0 Å². The molecule has 1 aliphatic rings. The molecule has 0 saturated heterocycles. The summed E-state index contributed by atoms with van der Waals surface area (Å²) in [5, 5.41) is 17.9. The predicted molar refractivity (Wildman–Crippen MR) is 52.5 cm³/mol. The molecule has 1 aliphatic carbocycles. The highest BCUT2D eigenvalue weighted by Crippen LogP contribution is 2.37. The monoisotopic (exact) mass is 195 g/mol. The summed E-state index contributed by atoms with van der Waals surface area (Å²) >= 11 is 0. The quantitative estimate of drug-likeness (QED) is 0.788. The Balaban J connectivity index is 2.10. The number of hydrogen-bond acceptors (Lipinski definition) is 3. The molecule has 1 fully saturated rings. The van der Waals surface area contributed by atoms with E-state index in [9.17, 15) is 5.11 Å². The third-order valence-electron chi connectivity index (χ3n) is 3.18. The molecule has 78 valence electrons. The van der Waals surface area contributed by atoms with Crippen LogP contribution in [0.5, 0.6) is 0 Å². The van der Waals surface area contributed by atoms with E-state index in [4.69, 9.17) is 0 Å². The first-order chi connectivity index (χ1) is 6.59. The Bertz CT molecular complexity index is 315. The van der Waals surface area contributed by atoms with E-state index < -0.39 is 5.60 Å². The molecule has 1 aromatic heterocycles. The zero-order valence-corrected chi connectivity index (χ0v) is 8.77. The van der Waals surface area contributed by atoms with E-state index in [0.29, 0.717) is 5.92 Å². The Kier molecular flexibility index (Phi) is 2.31. The van der Waals surface area contributed by atoms with Crippen LogP contribution in [0.25, 0.3) is 0 Å². The summed E-state index contributed by atoms with van der Waals surface area (Å²) in [5.74, 6) is 0.680. The summed E-state index contributed by atoms with van der Waals surface area (Å²) in [7, 11) is 1.82. The number of aliphatic hydroxyl groups is 1. The fraction of sp³-hybridized carbons (Fsp3) is 0.800. The van der Waals surface area contributed by atoms with Gasteiger partial charge in [-0.2, -0.15) is 0 Å². The Morgan fingerprint density at radius 1 is 1.64 bits per heavy atom. The first-order valence-electron chi connectivity index (χ1n) is 5.17. The van der Waals surface area contributed by atoms with Crippen LogP contribution in [0.3, 0.4) is 0 Å². The number of aryl methyl sites for hydroxylation is 1. The zero-order valence-electron chi connectivity index (χ0n) is 8.77. The van der Waals surface area contributed by atoms with Crippen LogP contribution < -0.4 is 0 Å². The van der Waals surface area contributed by atoms with Crippen LogP contribution >= 0.6 is 0 Å². The summed E-state index contributed by atoms with van der Waals surface area (Å²) in [6.07, 6.45) is 6.29. The SMILES string of the molecule is Cn1nncc1C(C)(O)CC1CCC1. The van der Waals surface area contributed by atoms with Gasteiger partial charge in [0.25, 0.3) is 0 Å². The highest BCUT2D eigenvalue weighted by atomic mass is 16.3. The van der Waals surface area contributed by atoms with Gasteiger partial charge < -0.3 is 5.11 Å². The molecule has 1 N–H and O–H groups in total. The van der Waals surface area contributed by atoms with E-state index in [1.165, 1.54) is 19.3 Å². The van der Waals surface area contributed by atoms with E-state index in [-0.39, 0.29) is 0 Å². The second kappa shape index (κ2) is 3.35. The topological polar surface area (TPSA) is 50.9 Å². The first kappa shape index (κ1) is 9.65. The van der Waals surface area contributed by atoms with E-state index in [1.807, 2.05) is 14.0 Å². The summed E-state index contributed by atoms with van der Waals surface area (Å²) in [6.45, 7) is 1.85. The lowest BCUT2D eigenvalue weighted by molar-refractivity contribution is 0.00906. The van der Waals surface area contributed by atoms with Crippen molar-refractivity contribution in [2.45, 2.75) is 38.2 Å². The van der Waals surface area contributed by atoms with Crippen LogP contribution in [-0.4, -0.2) is 20.1 Å². The van der Waals surface area contributed by atoms with Crippen LogP contribution in [-0.2, 0) is 12.6 Å². The van der Waals surface area contributed by atoms with Crippen LogP contribution in [0.4, 0.5) is 0 Å². The van der Waals surface area contributed by atoms with Gasteiger partial charge in [-0.05, 0) is 19.3 Å². The number of nitrogens with zero attached hydrogens (tertiary/aromatic N) is 3. The highest BCUT2D eigenvalue weighted by Gasteiger charge is 2.32. The van der Waals surface area contributed by atoms with Gasteiger partial charge in [-0.3, -0.25) is 0 Å². The van der Waals surface area contributed by atoms with Gasteiger partial charge >= 0.3 is 0 Å². The Hall–Kier alpha value is -0.900. The lowest BCUT2D eigenvalue weighted by Gasteiger charge is -2.33. The zero-order chi connectivity index (χ0) is 10.2. The minimum absolute atomic E-state index is 0.680. The molecule has 0 aromatic carbocycles. The molecule has 1 unspecified atom stereocenters. The minimum atomic E-state index is -0.774. The largest absolute Gasteiger partial charge is 0.384 e. The fourth-order valence-corrected chi connectivity index (χ4v) is 2.14. The normalized spacial score (nSPS) is 21.6. The molecule has 1 saturated carbocycles. The van der Waals surface area contributed by atoms with Crippen molar-refractivity contribution < 1.29 is 5.11 Å². The molecule has 14 heavy (non-hydrogen) atoms. The van der Waals surface area contributed by atoms with Gasteiger partial charge in [0, 0.05) is 7.05 Å². The van der Waals surface area contributed by atoms with Crippen LogP contribution in [0.1, 0.15) is 38.3 Å². The standard InChI is InChI=1S/C10H17N3O/c1-10(14,6-8-4-3-5-8)9-7-11-12-13(9)2/h7-8,14H,3-6H2,1-2H3. The van der Waals surface area contributed by atoms with Gasteiger partial charge in [-0.25, -0.2) is 4.68 Å². The minimum Gasteiger partial charge on any atom is -0.384 e. The molecule has 0 aliphatic heterocycles. The molecule has 0 radical (unpaired) electrons. The van der Waals surface area contributed by atoms with Crippen LogP contribution in [0.15, 0.2) is 6.20 Å². The van der Waals surface area contributed by atoms with Gasteiger partial charge in [-0.1, -0.05) is 24.5 Å². The molecule has 4 nitrogen and oxygen atoms in total. The molecular weight excluding hydrogens is 178 g/mol. The maximum absolute atomic E-state index is 10.3. The van der Waals surface area contributed by atoms with Crippen molar-refractivity contribution in [1.29, 1.82) is 0 Å². The summed E-state index contributed by atoms with van der Waals surface area (Å²) in [5.41, 5.74) is 0.0352. The molecule has 0 amide bonds. The van der Waals surface area contributed by atoms with Crippen molar-refractivity contribution in [3.63, 3.8) is 0 Å². The average Bonchev–Trinajstić information content (AvgIpc) is 2.45. The lowest BCUT2D eigenvalue weighted by atomic mass is 9.77. The molecule has 1 aromatic rings. The Morgan fingerprint density at radius 3 is 2.79 bits per heavy atom. The van der Waals surface area contributed by atoms with Crippen molar-refractivity contribution in [1.82, 2.24) is 15.0 Å². The number of hydrogen-bond donors (Lipinski definition) is 1. The van der Waals surface area contributed by atoms with E-state index >= 15 is 0 Å². The molecule has 0 spiro atoms. The van der Waals surface area contributed by atoms with Gasteiger partial charge in [-0.15, -0.1) is 5.10 Å². The second-order valence-electron chi connectivity index (χ2n) is 4.52. The Labute approximate surface area is 83.9 Å². The number of aromatic nitrogens is 3. The maximum Gasteiger partial charge on any atom is 0.105 e. The molecule has 2 rings (SSSR count). The highest BCUT2D eigenvalue weighted by molar-refractivity contribution is 5.06. The molecular formula is C10H17N3O. The average molecular weight is 195 g/mol. The molecule has 4 heteroatoms. The van der Waals surface area contributed by atoms with E-state index in [0.717, 1.165) is 12.1 Å². The third-order valence-corrected chi connectivity index (χ3v) is 3.18. The van der Waals surface area contributed by atoms with Gasteiger partial charge in [0.1, 0.15) is 5.60 Å². The lowest BCUT2D eigenvalue weighted by Crippen LogP contribution is -2.30. The number of rotatable bonds is 3. The van der Waals surface area contributed by atoms with Crippen molar-refractivity contribution in [2.75, 3.05) is 0 Å². The van der Waals surface area contributed by atoms with Crippen LogP contribution in [0.2, 0.25) is 0 Å². The fourth-order valence-electron chi connectivity index (χ4n) is 2.14. The molecule has 1 atom stereocenters. The first-order valence-corrected chi connectivity index (χ1v) is 5.17. The van der Waals surface area contributed by atoms with Crippen molar-refractivity contribution in [3.8, 4) is 0 Å². The van der Waals surface area contributed by atoms with Gasteiger partial charge in [0.05, 0.1) is 11.9 Å². The van der Waals surface area contributed by atoms with Crippen molar-refractivity contribution >= 4 is 0 Å². The Morgan fingerprint density at radius 2 is 2.36 bits per heavy atom. The van der Waals surface area contributed by atoms with E-state index in [1.54, 1.807) is 10.9 Å². The molecule has 0 bridgehead atoms. The molecule has 1 heterocycles. The summed E-state index contributed by atoms with van der Waals surface area (Å²) in [4.78, 5) is 0. The van der Waals surface area contributed by atoms with E-state index in [2.05, 4.69) is 10.3 Å². The van der Waals surface area contributed by atoms with Gasteiger partial charge in [0.15, 0.2) is 0 Å². The van der Waals surface area contributed by atoms with Crippen LogP contribution in [0, 0.1) is 5.92 Å². The summed E-state index contributed by atoms with van der Waals surface area (Å²) in [6, 6.07) is 0. The predicted octanol–water partition coefficient (Wildman–Crippen LogP) is 1.21. The summed E-state index contributed by atoms with van der Waals surface area (Å²) < 4.78 is 1.65. The van der Waals surface area contributed by atoms with Gasteiger partial charge in [0.2, 0.25) is 0 Å². The smallest absolute Gasteiger partial charge is 0.105 e. The maximum atomic E-state index is 10.3. The third kappa shape index (κ3) is 1.66. The second-order valence-corrected chi connectivity index (χ2v) is 4.52. The van der Waals surface area contributed by atoms with Crippen molar-refractivity contribution in [3.05, 3.63) is 11.9 Å².